The van der Waals surface area contributed by atoms with Crippen molar-refractivity contribution in [2.75, 3.05) is 27.2 Å². The first-order valence-electron chi connectivity index (χ1n) is 6.49. The largest absolute Gasteiger partial charge is 0.480 e. The molecule has 2 N–H and O–H groups in total. The number of urea groups is 1. The molecule has 0 saturated carbocycles. The van der Waals surface area contributed by atoms with Crippen LogP contribution in [-0.2, 0) is 9.53 Å². The normalized spacial score (nSPS) is 19.4. The van der Waals surface area contributed by atoms with Crippen molar-refractivity contribution in [1.82, 2.24) is 15.1 Å². The SMILES string of the molecule is CCC(C(=O)O)N(C)C(=O)N1CCC(NC(=O)OC)C1. The molecule has 3 amide bonds. The minimum absolute atomic E-state index is 0.162. The Morgan fingerprint density at radius 1 is 1.50 bits per heavy atom. The Morgan fingerprint density at radius 2 is 2.15 bits per heavy atom. The highest BCUT2D eigenvalue weighted by molar-refractivity contribution is 5.82. The van der Waals surface area contributed by atoms with E-state index >= 15 is 0 Å². The van der Waals surface area contributed by atoms with Crippen LogP contribution in [0.25, 0.3) is 0 Å². The first-order valence-corrected chi connectivity index (χ1v) is 6.49. The summed E-state index contributed by atoms with van der Waals surface area (Å²) in [7, 11) is 2.76. The van der Waals surface area contributed by atoms with Gasteiger partial charge in [0.15, 0.2) is 0 Å². The molecule has 0 bridgehead atoms. The average Bonchev–Trinajstić information content (AvgIpc) is 2.86. The van der Waals surface area contributed by atoms with Crippen LogP contribution in [0.2, 0.25) is 0 Å². The summed E-state index contributed by atoms with van der Waals surface area (Å²) in [4.78, 5) is 37.1. The lowest BCUT2D eigenvalue weighted by Gasteiger charge is -2.28. The molecule has 1 saturated heterocycles. The molecule has 2 atom stereocenters. The van der Waals surface area contributed by atoms with Crippen LogP contribution in [0.4, 0.5) is 9.59 Å². The van der Waals surface area contributed by atoms with Gasteiger partial charge in [0.25, 0.3) is 0 Å². The highest BCUT2D eigenvalue weighted by Gasteiger charge is 2.33. The highest BCUT2D eigenvalue weighted by atomic mass is 16.5. The monoisotopic (exact) mass is 287 g/mol. The van der Waals surface area contributed by atoms with Crippen molar-refractivity contribution in [1.29, 1.82) is 0 Å². The minimum Gasteiger partial charge on any atom is -0.480 e. The van der Waals surface area contributed by atoms with Crippen molar-refractivity contribution in [2.45, 2.75) is 31.8 Å². The van der Waals surface area contributed by atoms with Crippen LogP contribution < -0.4 is 5.32 Å². The van der Waals surface area contributed by atoms with Gasteiger partial charge in [-0.15, -0.1) is 0 Å². The van der Waals surface area contributed by atoms with Crippen molar-refractivity contribution in [3.8, 4) is 0 Å². The Labute approximate surface area is 117 Å². The summed E-state index contributed by atoms with van der Waals surface area (Å²) in [6.07, 6.45) is 0.433. The molecule has 8 heteroatoms. The van der Waals surface area contributed by atoms with Gasteiger partial charge in [-0.3, -0.25) is 0 Å². The summed E-state index contributed by atoms with van der Waals surface area (Å²) >= 11 is 0. The Hall–Kier alpha value is -1.99. The van der Waals surface area contributed by atoms with E-state index in [1.807, 2.05) is 0 Å². The van der Waals surface area contributed by atoms with Gasteiger partial charge < -0.3 is 25.0 Å². The van der Waals surface area contributed by atoms with Crippen LogP contribution in [-0.4, -0.2) is 72.3 Å². The number of nitrogens with one attached hydrogen (secondary N) is 1. The van der Waals surface area contributed by atoms with Crippen LogP contribution >= 0.6 is 0 Å². The molecule has 0 radical (unpaired) electrons. The number of nitrogens with zero attached hydrogens (tertiary/aromatic N) is 2. The number of ether oxygens (including phenoxy) is 1. The number of hydrogen-bond acceptors (Lipinski definition) is 4. The molecule has 0 aliphatic carbocycles. The summed E-state index contributed by atoms with van der Waals surface area (Å²) in [6.45, 7) is 2.55. The number of amides is 3. The Morgan fingerprint density at radius 3 is 2.65 bits per heavy atom. The first kappa shape index (κ1) is 16.1. The summed E-state index contributed by atoms with van der Waals surface area (Å²) in [5, 5.41) is 11.7. The van der Waals surface area contributed by atoms with E-state index in [4.69, 9.17) is 5.11 Å². The first-order chi connectivity index (χ1) is 9.40. The summed E-state index contributed by atoms with van der Waals surface area (Å²) in [6, 6.07) is -1.34. The Bertz CT molecular complexity index is 387. The number of alkyl carbamates (subject to hydrolysis) is 1. The molecule has 0 aromatic heterocycles. The molecule has 1 heterocycles. The molecule has 114 valence electrons. The van der Waals surface area contributed by atoms with Crippen LogP contribution in [0.3, 0.4) is 0 Å². The van der Waals surface area contributed by atoms with Crippen molar-refractivity contribution in [2.24, 2.45) is 0 Å². The molecule has 1 fully saturated rings. The van der Waals surface area contributed by atoms with Gasteiger partial charge in [0.1, 0.15) is 6.04 Å². The van der Waals surface area contributed by atoms with Crippen LogP contribution in [0.1, 0.15) is 19.8 Å². The van der Waals surface area contributed by atoms with E-state index in [0.29, 0.717) is 25.9 Å². The molecule has 8 nitrogen and oxygen atoms in total. The smallest absolute Gasteiger partial charge is 0.407 e. The number of likely N-dealkylation sites (N-methyl/N-ethyl adjacent to an activating group) is 1. The second-order valence-electron chi connectivity index (χ2n) is 4.72. The van der Waals surface area contributed by atoms with Crippen LogP contribution in [0.15, 0.2) is 0 Å². The number of methoxy groups -OCH3 is 1. The number of carboxylic acid groups (broad SMARTS) is 1. The number of aliphatic carboxylic acids is 1. The Balaban J connectivity index is 2.57. The predicted octanol–water partition coefficient (Wildman–Crippen LogP) is 0.332. The quantitative estimate of drug-likeness (QED) is 0.776. The molecule has 0 aromatic carbocycles. The number of likely N-dealkylation sites (tertiary alicyclic amines) is 1. The van der Waals surface area contributed by atoms with Gasteiger partial charge in [-0.1, -0.05) is 6.92 Å². The fraction of sp³-hybridized carbons (Fsp3) is 0.750. The molecular weight excluding hydrogens is 266 g/mol. The minimum atomic E-state index is -1.02. The van der Waals surface area contributed by atoms with E-state index in [0.717, 1.165) is 0 Å². The zero-order valence-electron chi connectivity index (χ0n) is 12.0. The fourth-order valence-corrected chi connectivity index (χ4v) is 2.25. The third kappa shape index (κ3) is 3.75. The second kappa shape index (κ2) is 6.97. The fourth-order valence-electron chi connectivity index (χ4n) is 2.25. The number of carbonyl (C=O) groups is 3. The summed E-state index contributed by atoms with van der Waals surface area (Å²) < 4.78 is 4.50. The third-order valence-corrected chi connectivity index (χ3v) is 3.41. The lowest BCUT2D eigenvalue weighted by molar-refractivity contribution is -0.142. The van der Waals surface area contributed by atoms with E-state index < -0.39 is 18.1 Å². The van der Waals surface area contributed by atoms with E-state index in [9.17, 15) is 14.4 Å². The summed E-state index contributed by atoms with van der Waals surface area (Å²) in [5.41, 5.74) is 0. The number of rotatable bonds is 4. The standard InChI is InChI=1S/C12H21N3O5/c1-4-9(10(16)17)14(2)12(19)15-6-5-8(7-15)13-11(18)20-3/h8-9H,4-7H2,1-3H3,(H,13,18)(H,16,17). The van der Waals surface area contributed by atoms with Crippen molar-refractivity contribution >= 4 is 18.1 Å². The molecule has 2 unspecified atom stereocenters. The molecule has 20 heavy (non-hydrogen) atoms. The zero-order chi connectivity index (χ0) is 15.3. The zero-order valence-corrected chi connectivity index (χ0v) is 12.0. The molecule has 1 aliphatic rings. The van der Waals surface area contributed by atoms with E-state index in [1.165, 1.54) is 24.0 Å². The van der Waals surface area contributed by atoms with Crippen LogP contribution in [0.5, 0.6) is 0 Å². The molecule has 0 aromatic rings. The molecule has 1 aliphatic heterocycles. The maximum absolute atomic E-state index is 12.2. The number of hydrogen-bond donors (Lipinski definition) is 2. The van der Waals surface area contributed by atoms with Crippen molar-refractivity contribution in [3.05, 3.63) is 0 Å². The van der Waals surface area contributed by atoms with E-state index in [-0.39, 0.29) is 12.1 Å². The van der Waals surface area contributed by atoms with Crippen LogP contribution in [0, 0.1) is 0 Å². The maximum Gasteiger partial charge on any atom is 0.407 e. The van der Waals surface area contributed by atoms with Gasteiger partial charge in [0, 0.05) is 20.1 Å². The molecule has 1 rings (SSSR count). The van der Waals surface area contributed by atoms with Gasteiger partial charge >= 0.3 is 18.1 Å². The van der Waals surface area contributed by atoms with E-state index in [2.05, 4.69) is 10.1 Å². The highest BCUT2D eigenvalue weighted by Crippen LogP contribution is 2.14. The van der Waals surface area contributed by atoms with Gasteiger partial charge in [0.05, 0.1) is 13.2 Å². The number of carboxylic acids is 1. The lowest BCUT2D eigenvalue weighted by atomic mass is 10.2. The number of carbonyl (C=O) groups excluding carboxylic acids is 2. The summed E-state index contributed by atoms with van der Waals surface area (Å²) in [5.74, 6) is -1.02. The third-order valence-electron chi connectivity index (χ3n) is 3.41. The maximum atomic E-state index is 12.2. The van der Waals surface area contributed by atoms with Crippen molar-refractivity contribution in [3.63, 3.8) is 0 Å². The van der Waals surface area contributed by atoms with Gasteiger partial charge in [-0.05, 0) is 12.8 Å². The molecule has 0 spiro atoms. The van der Waals surface area contributed by atoms with Crippen molar-refractivity contribution < 1.29 is 24.2 Å². The Kier molecular flexibility index (Phi) is 5.60. The van der Waals surface area contributed by atoms with E-state index in [1.54, 1.807) is 6.92 Å². The molecular formula is C12H21N3O5. The van der Waals surface area contributed by atoms with Gasteiger partial charge in [-0.2, -0.15) is 0 Å². The second-order valence-corrected chi connectivity index (χ2v) is 4.72. The van der Waals surface area contributed by atoms with Gasteiger partial charge in [0.2, 0.25) is 0 Å². The average molecular weight is 287 g/mol. The lowest BCUT2D eigenvalue weighted by Crippen LogP contribution is -2.49. The predicted molar refractivity (Wildman–Crippen MR) is 70.4 cm³/mol. The van der Waals surface area contributed by atoms with Gasteiger partial charge in [-0.25, -0.2) is 14.4 Å². The topological polar surface area (TPSA) is 99.2 Å².